The fraction of sp³-hybridized carbons (Fsp3) is 0.909. The standard InChI is InChI=1S/C11H21F3N2O2/c1-10(2,4-3-5-17)7-16-9(18)6-15-8-11(12,13)14/h15,17H,3-8H2,1-2H3,(H,16,18). The molecule has 0 atom stereocenters. The van der Waals surface area contributed by atoms with Crippen LogP contribution in [0.1, 0.15) is 26.7 Å². The summed E-state index contributed by atoms with van der Waals surface area (Å²) in [5.41, 5.74) is -0.178. The van der Waals surface area contributed by atoms with Gasteiger partial charge in [-0.15, -0.1) is 0 Å². The summed E-state index contributed by atoms with van der Waals surface area (Å²) in [7, 11) is 0. The maximum Gasteiger partial charge on any atom is 0.401 e. The molecule has 0 unspecified atom stereocenters. The highest BCUT2D eigenvalue weighted by Crippen LogP contribution is 2.20. The molecule has 0 aliphatic carbocycles. The molecule has 0 saturated carbocycles. The predicted molar refractivity (Wildman–Crippen MR) is 62.0 cm³/mol. The van der Waals surface area contributed by atoms with Crippen molar-refractivity contribution >= 4 is 5.91 Å². The van der Waals surface area contributed by atoms with Crippen LogP contribution in [0.25, 0.3) is 0 Å². The number of rotatable bonds is 8. The van der Waals surface area contributed by atoms with E-state index >= 15 is 0 Å². The lowest BCUT2D eigenvalue weighted by Gasteiger charge is -2.24. The molecular weight excluding hydrogens is 249 g/mol. The van der Waals surface area contributed by atoms with Gasteiger partial charge in [0.15, 0.2) is 0 Å². The number of halogens is 3. The van der Waals surface area contributed by atoms with Gasteiger partial charge in [0, 0.05) is 13.2 Å². The van der Waals surface area contributed by atoms with Gasteiger partial charge in [-0.05, 0) is 18.3 Å². The predicted octanol–water partition coefficient (Wildman–Crippen LogP) is 1.05. The molecule has 0 aliphatic heterocycles. The van der Waals surface area contributed by atoms with E-state index in [4.69, 9.17) is 5.11 Å². The number of alkyl halides is 3. The molecule has 108 valence electrons. The molecule has 0 radical (unpaired) electrons. The topological polar surface area (TPSA) is 61.4 Å². The summed E-state index contributed by atoms with van der Waals surface area (Å²) in [6.07, 6.45) is -2.93. The van der Waals surface area contributed by atoms with Gasteiger partial charge in [-0.25, -0.2) is 0 Å². The normalized spacial score (nSPS) is 12.6. The smallest absolute Gasteiger partial charge is 0.396 e. The van der Waals surface area contributed by atoms with Crippen LogP contribution in [-0.2, 0) is 4.79 Å². The third-order valence-corrected chi connectivity index (χ3v) is 2.39. The van der Waals surface area contributed by atoms with Crippen molar-refractivity contribution in [2.75, 3.05) is 26.2 Å². The van der Waals surface area contributed by atoms with Crippen molar-refractivity contribution in [2.45, 2.75) is 32.9 Å². The average molecular weight is 270 g/mol. The van der Waals surface area contributed by atoms with Crippen LogP contribution >= 0.6 is 0 Å². The van der Waals surface area contributed by atoms with Gasteiger partial charge in [0.1, 0.15) is 0 Å². The average Bonchev–Trinajstić information content (AvgIpc) is 2.22. The summed E-state index contributed by atoms with van der Waals surface area (Å²) in [5.74, 6) is -0.462. The first-order valence-electron chi connectivity index (χ1n) is 5.81. The van der Waals surface area contributed by atoms with Gasteiger partial charge in [-0.3, -0.25) is 4.79 Å². The van der Waals surface area contributed by atoms with Gasteiger partial charge in [-0.2, -0.15) is 13.2 Å². The summed E-state index contributed by atoms with van der Waals surface area (Å²) in [4.78, 5) is 11.3. The molecule has 4 nitrogen and oxygen atoms in total. The number of carbonyl (C=O) groups is 1. The highest BCUT2D eigenvalue weighted by Gasteiger charge is 2.26. The van der Waals surface area contributed by atoms with Gasteiger partial charge in [-0.1, -0.05) is 13.8 Å². The maximum absolute atomic E-state index is 11.8. The van der Waals surface area contributed by atoms with Crippen LogP contribution < -0.4 is 10.6 Å². The lowest BCUT2D eigenvalue weighted by atomic mass is 9.88. The SMILES string of the molecule is CC(C)(CCCO)CNC(=O)CNCC(F)(F)F. The zero-order valence-electron chi connectivity index (χ0n) is 10.7. The third-order valence-electron chi connectivity index (χ3n) is 2.39. The van der Waals surface area contributed by atoms with Crippen LogP contribution in [0.2, 0.25) is 0 Å². The Morgan fingerprint density at radius 3 is 2.33 bits per heavy atom. The molecular formula is C11H21F3N2O2. The number of hydrogen-bond acceptors (Lipinski definition) is 3. The minimum atomic E-state index is -4.30. The fourth-order valence-corrected chi connectivity index (χ4v) is 1.36. The summed E-state index contributed by atoms with van der Waals surface area (Å²) in [6.45, 7) is 2.78. The van der Waals surface area contributed by atoms with Crippen molar-refractivity contribution in [1.82, 2.24) is 10.6 Å². The van der Waals surface area contributed by atoms with E-state index in [0.29, 0.717) is 13.0 Å². The first-order chi connectivity index (χ1) is 8.16. The Kier molecular flexibility index (Phi) is 7.23. The number of aliphatic hydroxyl groups excluding tert-OH is 1. The van der Waals surface area contributed by atoms with Crippen LogP contribution in [0.15, 0.2) is 0 Å². The molecule has 0 heterocycles. The largest absolute Gasteiger partial charge is 0.401 e. The van der Waals surface area contributed by atoms with Crippen molar-refractivity contribution in [2.24, 2.45) is 5.41 Å². The number of carbonyl (C=O) groups excluding carboxylic acids is 1. The number of amides is 1. The second kappa shape index (κ2) is 7.58. The summed E-state index contributed by atoms with van der Waals surface area (Å²) in [5, 5.41) is 13.3. The van der Waals surface area contributed by atoms with Crippen molar-refractivity contribution in [1.29, 1.82) is 0 Å². The minimum absolute atomic E-state index is 0.0878. The van der Waals surface area contributed by atoms with E-state index in [1.807, 2.05) is 19.2 Å². The van der Waals surface area contributed by atoms with Crippen LogP contribution in [0.5, 0.6) is 0 Å². The van der Waals surface area contributed by atoms with Crippen molar-refractivity contribution in [3.8, 4) is 0 Å². The van der Waals surface area contributed by atoms with E-state index in [-0.39, 0.29) is 18.6 Å². The van der Waals surface area contributed by atoms with Gasteiger partial charge < -0.3 is 15.7 Å². The maximum atomic E-state index is 11.8. The first kappa shape index (κ1) is 17.2. The zero-order chi connectivity index (χ0) is 14.2. The summed E-state index contributed by atoms with van der Waals surface area (Å²) < 4.78 is 35.4. The van der Waals surface area contributed by atoms with E-state index < -0.39 is 18.6 Å². The minimum Gasteiger partial charge on any atom is -0.396 e. The van der Waals surface area contributed by atoms with Gasteiger partial charge in [0.25, 0.3) is 0 Å². The molecule has 0 aromatic heterocycles. The van der Waals surface area contributed by atoms with Crippen LogP contribution in [-0.4, -0.2) is 43.4 Å². The van der Waals surface area contributed by atoms with Crippen molar-refractivity contribution in [3.05, 3.63) is 0 Å². The highest BCUT2D eigenvalue weighted by atomic mass is 19.4. The second-order valence-corrected chi connectivity index (χ2v) is 4.99. The van der Waals surface area contributed by atoms with Gasteiger partial charge in [0.2, 0.25) is 5.91 Å². The van der Waals surface area contributed by atoms with Crippen LogP contribution in [0.4, 0.5) is 13.2 Å². The molecule has 0 aliphatic rings. The van der Waals surface area contributed by atoms with E-state index in [9.17, 15) is 18.0 Å². The highest BCUT2D eigenvalue weighted by molar-refractivity contribution is 5.78. The number of nitrogens with one attached hydrogen (secondary N) is 2. The molecule has 0 aromatic rings. The monoisotopic (exact) mass is 270 g/mol. The Balaban J connectivity index is 3.76. The molecule has 0 saturated heterocycles. The van der Waals surface area contributed by atoms with E-state index in [1.165, 1.54) is 0 Å². The third kappa shape index (κ3) is 10.3. The molecule has 0 fully saturated rings. The van der Waals surface area contributed by atoms with Gasteiger partial charge in [0.05, 0.1) is 13.1 Å². The van der Waals surface area contributed by atoms with Crippen molar-refractivity contribution in [3.63, 3.8) is 0 Å². The van der Waals surface area contributed by atoms with E-state index in [0.717, 1.165) is 6.42 Å². The Morgan fingerprint density at radius 1 is 1.22 bits per heavy atom. The summed E-state index contributed by atoms with van der Waals surface area (Å²) >= 11 is 0. The Hall–Kier alpha value is -0.820. The molecule has 18 heavy (non-hydrogen) atoms. The Morgan fingerprint density at radius 2 is 1.83 bits per heavy atom. The Labute approximate surface area is 105 Å². The molecule has 0 aromatic carbocycles. The number of hydrogen-bond donors (Lipinski definition) is 3. The first-order valence-corrected chi connectivity index (χ1v) is 5.81. The molecule has 1 amide bonds. The lowest BCUT2D eigenvalue weighted by Crippen LogP contribution is -2.41. The summed E-state index contributed by atoms with van der Waals surface area (Å²) in [6, 6.07) is 0. The van der Waals surface area contributed by atoms with Crippen molar-refractivity contribution < 1.29 is 23.1 Å². The van der Waals surface area contributed by atoms with E-state index in [1.54, 1.807) is 0 Å². The second-order valence-electron chi connectivity index (χ2n) is 4.99. The molecule has 3 N–H and O–H groups in total. The Bertz CT molecular complexity index is 255. The lowest BCUT2D eigenvalue weighted by molar-refractivity contribution is -0.128. The molecule has 0 rings (SSSR count). The fourth-order valence-electron chi connectivity index (χ4n) is 1.36. The number of aliphatic hydroxyl groups is 1. The van der Waals surface area contributed by atoms with Crippen LogP contribution in [0, 0.1) is 5.41 Å². The van der Waals surface area contributed by atoms with Crippen LogP contribution in [0.3, 0.4) is 0 Å². The molecule has 7 heteroatoms. The molecule has 0 bridgehead atoms. The molecule has 0 spiro atoms. The zero-order valence-corrected chi connectivity index (χ0v) is 10.7. The van der Waals surface area contributed by atoms with Gasteiger partial charge >= 0.3 is 6.18 Å². The van der Waals surface area contributed by atoms with E-state index in [2.05, 4.69) is 5.32 Å². The quantitative estimate of drug-likeness (QED) is 0.618.